The van der Waals surface area contributed by atoms with E-state index < -0.39 is 19.0 Å². The van der Waals surface area contributed by atoms with Gasteiger partial charge in [0.15, 0.2) is 0 Å². The van der Waals surface area contributed by atoms with Crippen LogP contribution in [-0.2, 0) is 11.2 Å². The monoisotopic (exact) mass is 232 g/mol. The second-order valence-electron chi connectivity index (χ2n) is 2.99. The number of anilines is 2. The molecule has 88 valence electrons. The molecule has 0 saturated carbocycles. The molecule has 0 spiro atoms. The summed E-state index contributed by atoms with van der Waals surface area (Å²) in [7, 11) is 0. The van der Waals surface area contributed by atoms with Crippen molar-refractivity contribution in [2.45, 2.75) is 13.0 Å². The number of carboxylic acids is 1. The molecule has 7 heteroatoms. The van der Waals surface area contributed by atoms with E-state index in [2.05, 4.69) is 4.74 Å². The van der Waals surface area contributed by atoms with Crippen LogP contribution >= 0.6 is 0 Å². The van der Waals surface area contributed by atoms with Crippen molar-refractivity contribution in [3.8, 4) is 5.75 Å². The fraction of sp³-hybridized carbons (Fsp3) is 0.222. The number of rotatable bonds is 4. The molecule has 0 aliphatic rings. The second kappa shape index (κ2) is 4.65. The quantitative estimate of drug-likeness (QED) is 0.674. The Hall–Kier alpha value is -2.05. The topological polar surface area (TPSA) is 98.6 Å². The van der Waals surface area contributed by atoms with Gasteiger partial charge >= 0.3 is 12.6 Å². The second-order valence-corrected chi connectivity index (χ2v) is 2.99. The summed E-state index contributed by atoms with van der Waals surface area (Å²) in [6.07, 6.45) is -0.529. The summed E-state index contributed by atoms with van der Waals surface area (Å²) in [4.78, 5) is 10.5. The predicted molar refractivity (Wildman–Crippen MR) is 53.2 cm³/mol. The van der Waals surface area contributed by atoms with Gasteiger partial charge in [0.2, 0.25) is 0 Å². The molecule has 0 bridgehead atoms. The molecule has 0 aliphatic carbocycles. The summed E-state index contributed by atoms with van der Waals surface area (Å²) in [6.45, 7) is -3.05. The van der Waals surface area contributed by atoms with Crippen LogP contribution in [0.3, 0.4) is 0 Å². The first-order valence-electron chi connectivity index (χ1n) is 4.25. The smallest absolute Gasteiger partial charge is 0.387 e. The number of hydrogen-bond acceptors (Lipinski definition) is 4. The van der Waals surface area contributed by atoms with Gasteiger partial charge in [-0.15, -0.1) is 0 Å². The molecule has 0 fully saturated rings. The number of alkyl halides is 2. The van der Waals surface area contributed by atoms with Gasteiger partial charge in [-0.05, 0) is 12.1 Å². The normalized spacial score (nSPS) is 10.4. The molecule has 5 N–H and O–H groups in total. The lowest BCUT2D eigenvalue weighted by Gasteiger charge is -2.13. The first kappa shape index (κ1) is 12.0. The van der Waals surface area contributed by atoms with Crippen LogP contribution in [0.4, 0.5) is 20.2 Å². The maximum Gasteiger partial charge on any atom is 0.387 e. The number of carbonyl (C=O) groups is 1. The molecule has 0 aromatic heterocycles. The summed E-state index contributed by atoms with van der Waals surface area (Å²) in [5, 5.41) is 8.60. The maximum atomic E-state index is 12.0. The molecule has 0 heterocycles. The molecule has 0 unspecified atom stereocenters. The molecule has 16 heavy (non-hydrogen) atoms. The lowest BCUT2D eigenvalue weighted by atomic mass is 10.1. The highest BCUT2D eigenvalue weighted by molar-refractivity contribution is 5.79. The first-order valence-corrected chi connectivity index (χ1v) is 4.25. The van der Waals surface area contributed by atoms with Gasteiger partial charge in [-0.1, -0.05) is 0 Å². The van der Waals surface area contributed by atoms with Gasteiger partial charge in [0, 0.05) is 5.56 Å². The minimum atomic E-state index is -3.05. The van der Waals surface area contributed by atoms with Crippen LogP contribution in [0.1, 0.15) is 5.56 Å². The maximum absolute atomic E-state index is 12.0. The molecule has 1 aromatic rings. The predicted octanol–water partition coefficient (Wildman–Crippen LogP) is 1.08. The Morgan fingerprint density at radius 2 is 2.06 bits per heavy atom. The van der Waals surface area contributed by atoms with Gasteiger partial charge in [-0.3, -0.25) is 4.79 Å². The van der Waals surface area contributed by atoms with Crippen LogP contribution in [0.2, 0.25) is 0 Å². The summed E-state index contributed by atoms with van der Waals surface area (Å²) in [5.74, 6) is -1.49. The molecule has 5 nitrogen and oxygen atoms in total. The Labute approximate surface area is 89.6 Å². The lowest BCUT2D eigenvalue weighted by molar-refractivity contribution is -0.136. The number of aliphatic carboxylic acids is 1. The summed E-state index contributed by atoms with van der Waals surface area (Å²) >= 11 is 0. The zero-order valence-corrected chi connectivity index (χ0v) is 8.11. The van der Waals surface area contributed by atoms with E-state index in [0.29, 0.717) is 0 Å². The fourth-order valence-electron chi connectivity index (χ4n) is 1.20. The average Bonchev–Trinajstić information content (AvgIpc) is 2.16. The van der Waals surface area contributed by atoms with E-state index in [1.54, 1.807) is 0 Å². The Kier molecular flexibility index (Phi) is 3.49. The highest BCUT2D eigenvalue weighted by Crippen LogP contribution is 2.31. The average molecular weight is 232 g/mol. The Morgan fingerprint density at radius 3 is 2.56 bits per heavy atom. The van der Waals surface area contributed by atoms with Gasteiger partial charge in [0.05, 0.1) is 17.8 Å². The van der Waals surface area contributed by atoms with E-state index in [4.69, 9.17) is 16.6 Å². The molecule has 1 aromatic carbocycles. The van der Waals surface area contributed by atoms with E-state index in [0.717, 1.165) is 6.07 Å². The molecule has 0 radical (unpaired) electrons. The largest absolute Gasteiger partial charge is 0.481 e. The number of nitrogen functional groups attached to an aromatic ring is 2. The van der Waals surface area contributed by atoms with E-state index in [1.165, 1.54) is 6.07 Å². The molecule has 0 saturated heterocycles. The third kappa shape index (κ3) is 2.72. The molecular weight excluding hydrogens is 222 g/mol. The highest BCUT2D eigenvalue weighted by atomic mass is 19.3. The van der Waals surface area contributed by atoms with Crippen LogP contribution in [0, 0.1) is 0 Å². The number of ether oxygens (including phenoxy) is 1. The van der Waals surface area contributed by atoms with Crippen molar-refractivity contribution >= 4 is 17.3 Å². The van der Waals surface area contributed by atoms with Crippen LogP contribution in [-0.4, -0.2) is 17.7 Å². The van der Waals surface area contributed by atoms with Crippen LogP contribution in [0.25, 0.3) is 0 Å². The van der Waals surface area contributed by atoms with Crippen LogP contribution in [0.15, 0.2) is 12.1 Å². The number of carboxylic acid groups (broad SMARTS) is 1. The first-order chi connectivity index (χ1) is 7.41. The summed E-state index contributed by atoms with van der Waals surface area (Å²) in [6, 6.07) is 2.44. The third-order valence-electron chi connectivity index (χ3n) is 1.89. The zero-order chi connectivity index (χ0) is 12.3. The minimum absolute atomic E-state index is 0.0483. The zero-order valence-electron chi connectivity index (χ0n) is 8.11. The fourth-order valence-corrected chi connectivity index (χ4v) is 1.20. The van der Waals surface area contributed by atoms with Crippen molar-refractivity contribution in [1.29, 1.82) is 0 Å². The van der Waals surface area contributed by atoms with Gasteiger partial charge in [-0.25, -0.2) is 0 Å². The molecule has 0 aliphatic heterocycles. The van der Waals surface area contributed by atoms with Crippen molar-refractivity contribution < 1.29 is 23.4 Å². The molecule has 0 amide bonds. The summed E-state index contributed by atoms with van der Waals surface area (Å²) < 4.78 is 28.2. The van der Waals surface area contributed by atoms with E-state index in [-0.39, 0.29) is 22.7 Å². The van der Waals surface area contributed by atoms with Gasteiger partial charge in [0.1, 0.15) is 5.75 Å². The van der Waals surface area contributed by atoms with Gasteiger partial charge < -0.3 is 21.3 Å². The molecule has 0 atom stereocenters. The minimum Gasteiger partial charge on any atom is -0.481 e. The van der Waals surface area contributed by atoms with Crippen LogP contribution < -0.4 is 16.2 Å². The number of nitrogens with two attached hydrogens (primary N) is 2. The van der Waals surface area contributed by atoms with E-state index >= 15 is 0 Å². The van der Waals surface area contributed by atoms with Gasteiger partial charge in [-0.2, -0.15) is 8.78 Å². The van der Waals surface area contributed by atoms with Crippen molar-refractivity contribution in [3.63, 3.8) is 0 Å². The van der Waals surface area contributed by atoms with Crippen molar-refractivity contribution in [3.05, 3.63) is 17.7 Å². The van der Waals surface area contributed by atoms with Crippen molar-refractivity contribution in [2.24, 2.45) is 0 Å². The Balaban J connectivity index is 3.15. The standard InChI is InChI=1S/C9H10F2N2O3/c10-9(11)16-6-2-1-5(12)8(13)4(6)3-7(14)15/h1-2,9H,3,12-13H2,(H,14,15). The molecule has 1 rings (SSSR count). The number of benzene rings is 1. The van der Waals surface area contributed by atoms with Crippen LogP contribution in [0.5, 0.6) is 5.75 Å². The van der Waals surface area contributed by atoms with E-state index in [1.807, 2.05) is 0 Å². The third-order valence-corrected chi connectivity index (χ3v) is 1.89. The Bertz CT molecular complexity index is 410. The SMILES string of the molecule is Nc1ccc(OC(F)F)c(CC(=O)O)c1N. The van der Waals surface area contributed by atoms with Crippen molar-refractivity contribution in [1.82, 2.24) is 0 Å². The summed E-state index contributed by atoms with van der Waals surface area (Å²) in [5.41, 5.74) is 10.9. The lowest BCUT2D eigenvalue weighted by Crippen LogP contribution is -2.11. The molecular formula is C9H10F2N2O3. The highest BCUT2D eigenvalue weighted by Gasteiger charge is 2.16. The Morgan fingerprint density at radius 1 is 1.44 bits per heavy atom. The van der Waals surface area contributed by atoms with Crippen molar-refractivity contribution in [2.75, 3.05) is 11.5 Å². The van der Waals surface area contributed by atoms with E-state index in [9.17, 15) is 13.6 Å². The number of hydrogen-bond donors (Lipinski definition) is 3. The number of halogens is 2. The van der Waals surface area contributed by atoms with Gasteiger partial charge in [0.25, 0.3) is 0 Å².